The maximum absolute atomic E-state index is 12.0. The van der Waals surface area contributed by atoms with Gasteiger partial charge in [0.15, 0.2) is 6.54 Å². The van der Waals surface area contributed by atoms with Gasteiger partial charge in [0.25, 0.3) is 5.91 Å². The molecule has 1 aliphatic carbocycles. The first-order valence-electron chi connectivity index (χ1n) is 8.03. The van der Waals surface area contributed by atoms with Crippen LogP contribution >= 0.6 is 0 Å². The van der Waals surface area contributed by atoms with Crippen LogP contribution in [0.1, 0.15) is 65.7 Å². The van der Waals surface area contributed by atoms with E-state index in [1.54, 1.807) is 6.92 Å². The average Bonchev–Trinajstić information content (AvgIpc) is 2.37. The number of amides is 1. The van der Waals surface area contributed by atoms with Gasteiger partial charge in [-0.3, -0.25) is 4.79 Å². The largest absolute Gasteiger partial charge is 0.336 e. The highest BCUT2D eigenvalue weighted by atomic mass is 16.2. The van der Waals surface area contributed by atoms with Crippen LogP contribution in [0, 0.1) is 17.2 Å². The van der Waals surface area contributed by atoms with Gasteiger partial charge in [-0.15, -0.1) is 0 Å². The summed E-state index contributed by atoms with van der Waals surface area (Å²) >= 11 is 0. The molecule has 3 N–H and O–H groups in total. The molecular weight excluding hydrogens is 250 g/mol. The van der Waals surface area contributed by atoms with Crippen molar-refractivity contribution in [3.8, 4) is 6.07 Å². The maximum atomic E-state index is 12.0. The van der Waals surface area contributed by atoms with E-state index in [-0.39, 0.29) is 11.8 Å². The summed E-state index contributed by atoms with van der Waals surface area (Å²) in [6.07, 6.45) is 9.02. The van der Waals surface area contributed by atoms with Crippen LogP contribution in [0.25, 0.3) is 0 Å². The minimum atomic E-state index is -0.758. The van der Waals surface area contributed by atoms with Crippen molar-refractivity contribution in [3.63, 3.8) is 0 Å². The minimum Gasteiger partial charge on any atom is -0.336 e. The predicted molar refractivity (Wildman–Crippen MR) is 79.9 cm³/mol. The van der Waals surface area contributed by atoms with Crippen molar-refractivity contribution >= 4 is 5.91 Å². The molecule has 1 saturated carbocycles. The number of rotatable bonds is 5. The van der Waals surface area contributed by atoms with Crippen LogP contribution in [0.3, 0.4) is 0 Å². The highest BCUT2D eigenvalue weighted by Crippen LogP contribution is 2.15. The zero-order chi connectivity index (χ0) is 15.0. The zero-order valence-corrected chi connectivity index (χ0v) is 13.2. The van der Waals surface area contributed by atoms with Crippen LogP contribution in [0.5, 0.6) is 0 Å². The molecule has 1 aliphatic rings. The van der Waals surface area contributed by atoms with E-state index < -0.39 is 5.54 Å². The fraction of sp³-hybridized carbons (Fsp3) is 0.875. The van der Waals surface area contributed by atoms with Gasteiger partial charge in [0, 0.05) is 0 Å². The Morgan fingerprint density at radius 3 is 2.35 bits per heavy atom. The predicted octanol–water partition coefficient (Wildman–Crippen LogP) is 1.72. The fourth-order valence-corrected chi connectivity index (χ4v) is 2.64. The van der Waals surface area contributed by atoms with Crippen molar-refractivity contribution in [1.82, 2.24) is 5.32 Å². The van der Waals surface area contributed by atoms with Crippen molar-refractivity contribution in [2.45, 2.75) is 77.3 Å². The van der Waals surface area contributed by atoms with Crippen molar-refractivity contribution in [1.29, 1.82) is 5.26 Å². The molecule has 1 fully saturated rings. The number of hydrogen-bond acceptors (Lipinski definition) is 2. The lowest BCUT2D eigenvalue weighted by atomic mass is 9.90. The molecule has 0 aliphatic heterocycles. The molecule has 114 valence electrons. The Labute approximate surface area is 123 Å². The quantitative estimate of drug-likeness (QED) is 0.805. The molecule has 0 saturated heterocycles. The monoisotopic (exact) mass is 280 g/mol. The number of carbonyl (C=O) groups is 1. The van der Waals surface area contributed by atoms with Crippen molar-refractivity contribution in [2.75, 3.05) is 6.54 Å². The number of nitrogens with one attached hydrogen (secondary N) is 1. The fourth-order valence-electron chi connectivity index (χ4n) is 2.64. The highest BCUT2D eigenvalue weighted by Gasteiger charge is 2.30. The van der Waals surface area contributed by atoms with Gasteiger partial charge in [0.05, 0.1) is 12.1 Å². The Balaban J connectivity index is 2.36. The number of carbonyl (C=O) groups excluding carboxylic acids is 1. The summed E-state index contributed by atoms with van der Waals surface area (Å²) in [4.78, 5) is 12.0. The zero-order valence-electron chi connectivity index (χ0n) is 13.2. The van der Waals surface area contributed by atoms with Gasteiger partial charge >= 0.3 is 0 Å². The van der Waals surface area contributed by atoms with Crippen molar-refractivity contribution < 1.29 is 10.1 Å². The molecule has 1 rings (SSSR count). The molecule has 1 atom stereocenters. The second kappa shape index (κ2) is 8.26. The van der Waals surface area contributed by atoms with Gasteiger partial charge in [-0.25, -0.2) is 0 Å². The van der Waals surface area contributed by atoms with Gasteiger partial charge < -0.3 is 10.6 Å². The molecule has 4 heteroatoms. The SMILES string of the molecule is CC(C)[C@@](C)(C#N)NC(=O)C[NH2+]C1CCCCCCC1. The lowest BCUT2D eigenvalue weighted by Gasteiger charge is -2.27. The summed E-state index contributed by atoms with van der Waals surface area (Å²) in [6, 6.07) is 2.80. The minimum absolute atomic E-state index is 0.0233. The normalized spacial score (nSPS) is 20.6. The molecule has 0 aromatic heterocycles. The second-order valence-electron chi connectivity index (χ2n) is 6.56. The maximum Gasteiger partial charge on any atom is 0.276 e. The highest BCUT2D eigenvalue weighted by molar-refractivity contribution is 5.78. The van der Waals surface area contributed by atoms with Crippen molar-refractivity contribution in [3.05, 3.63) is 0 Å². The Morgan fingerprint density at radius 1 is 1.30 bits per heavy atom. The smallest absolute Gasteiger partial charge is 0.276 e. The van der Waals surface area contributed by atoms with Crippen LogP contribution < -0.4 is 10.6 Å². The van der Waals surface area contributed by atoms with Gasteiger partial charge in [-0.1, -0.05) is 33.1 Å². The third-order valence-corrected chi connectivity index (χ3v) is 4.57. The van der Waals surface area contributed by atoms with Crippen LogP contribution in [-0.4, -0.2) is 24.0 Å². The lowest BCUT2D eigenvalue weighted by Crippen LogP contribution is -2.92. The Hall–Kier alpha value is -1.08. The van der Waals surface area contributed by atoms with E-state index in [4.69, 9.17) is 0 Å². The number of hydrogen-bond donors (Lipinski definition) is 2. The topological polar surface area (TPSA) is 69.5 Å². The summed E-state index contributed by atoms with van der Waals surface area (Å²) in [5.41, 5.74) is -0.758. The number of nitrogens with two attached hydrogens (primary N) is 1. The van der Waals surface area contributed by atoms with Gasteiger partial charge in [0.2, 0.25) is 0 Å². The summed E-state index contributed by atoms with van der Waals surface area (Å²) in [5.74, 6) is 0.0858. The molecule has 0 aromatic carbocycles. The van der Waals surface area contributed by atoms with Gasteiger partial charge in [-0.05, 0) is 38.5 Å². The molecular formula is C16H30N3O+. The Morgan fingerprint density at radius 2 is 1.85 bits per heavy atom. The molecule has 0 spiro atoms. The van der Waals surface area contributed by atoms with Crippen molar-refractivity contribution in [2.24, 2.45) is 5.92 Å². The van der Waals surface area contributed by atoms with E-state index in [9.17, 15) is 10.1 Å². The second-order valence-corrected chi connectivity index (χ2v) is 6.56. The molecule has 0 aromatic rings. The summed E-state index contributed by atoms with van der Waals surface area (Å²) < 4.78 is 0. The van der Waals surface area contributed by atoms with E-state index in [0.29, 0.717) is 12.6 Å². The van der Waals surface area contributed by atoms with E-state index >= 15 is 0 Å². The number of quaternary nitrogens is 1. The van der Waals surface area contributed by atoms with Crippen LogP contribution in [0.4, 0.5) is 0 Å². The van der Waals surface area contributed by atoms with Gasteiger partial charge in [-0.2, -0.15) is 5.26 Å². The first kappa shape index (κ1) is 17.0. The first-order chi connectivity index (χ1) is 9.48. The van der Waals surface area contributed by atoms with E-state index in [2.05, 4.69) is 16.7 Å². The van der Waals surface area contributed by atoms with E-state index in [1.165, 1.54) is 44.9 Å². The third kappa shape index (κ3) is 5.50. The molecule has 4 nitrogen and oxygen atoms in total. The summed E-state index contributed by atoms with van der Waals surface area (Å²) in [5, 5.41) is 14.3. The first-order valence-corrected chi connectivity index (χ1v) is 8.03. The lowest BCUT2D eigenvalue weighted by molar-refractivity contribution is -0.680. The standard InChI is InChI=1S/C16H29N3O/c1-13(2)16(3,12-17)19-15(20)11-18-14-9-7-5-4-6-8-10-14/h13-14,18H,4-11H2,1-3H3,(H,19,20)/p+1/t16-/m1/s1. The molecule has 0 bridgehead atoms. The molecule has 0 heterocycles. The van der Waals surface area contributed by atoms with E-state index in [1.807, 2.05) is 13.8 Å². The Kier molecular flexibility index (Phi) is 7.01. The average molecular weight is 280 g/mol. The van der Waals surface area contributed by atoms with Crippen LogP contribution in [0.15, 0.2) is 0 Å². The molecule has 0 unspecified atom stereocenters. The molecule has 20 heavy (non-hydrogen) atoms. The number of nitriles is 1. The molecule has 1 amide bonds. The van der Waals surface area contributed by atoms with Crippen LogP contribution in [0.2, 0.25) is 0 Å². The Bertz CT molecular complexity index is 340. The van der Waals surface area contributed by atoms with Crippen LogP contribution in [-0.2, 0) is 4.79 Å². The molecule has 0 radical (unpaired) electrons. The number of nitrogens with zero attached hydrogens (tertiary/aromatic N) is 1. The summed E-state index contributed by atoms with van der Waals surface area (Å²) in [7, 11) is 0. The third-order valence-electron chi connectivity index (χ3n) is 4.57. The van der Waals surface area contributed by atoms with E-state index in [0.717, 1.165) is 0 Å². The summed E-state index contributed by atoms with van der Waals surface area (Å²) in [6.45, 7) is 6.16. The van der Waals surface area contributed by atoms with Gasteiger partial charge in [0.1, 0.15) is 5.54 Å².